The Morgan fingerprint density at radius 3 is 2.97 bits per heavy atom. The highest BCUT2D eigenvalue weighted by Crippen LogP contribution is 2.34. The van der Waals surface area contributed by atoms with Crippen molar-refractivity contribution >= 4 is 11.6 Å². The predicted octanol–water partition coefficient (Wildman–Crippen LogP) is 2.22. The fourth-order valence-corrected chi connectivity index (χ4v) is 4.35. The zero-order valence-corrected chi connectivity index (χ0v) is 17.4. The van der Waals surface area contributed by atoms with Crippen molar-refractivity contribution in [2.45, 2.75) is 43.7 Å². The lowest BCUT2D eigenvalue weighted by Gasteiger charge is -2.29. The minimum atomic E-state index is -0.0105. The molecule has 0 aromatic carbocycles. The second-order valence-corrected chi connectivity index (χ2v) is 8.24. The highest BCUT2D eigenvalue weighted by atomic mass is 16.6. The lowest BCUT2D eigenvalue weighted by molar-refractivity contribution is -0.0810. The summed E-state index contributed by atoms with van der Waals surface area (Å²) in [4.78, 5) is 9.20. The zero-order valence-electron chi connectivity index (χ0n) is 17.4. The molecule has 0 spiro atoms. The number of hydrogen-bond donors (Lipinski definition) is 2. The molecular formula is C21H23N9O2. The van der Waals surface area contributed by atoms with E-state index in [1.165, 1.54) is 0 Å². The fourth-order valence-electron chi connectivity index (χ4n) is 4.35. The molecule has 164 valence electrons. The number of aromatic nitrogens is 8. The van der Waals surface area contributed by atoms with Crippen molar-refractivity contribution in [3.63, 3.8) is 0 Å². The van der Waals surface area contributed by atoms with Gasteiger partial charge in [0.25, 0.3) is 0 Å². The quantitative estimate of drug-likeness (QED) is 0.470. The van der Waals surface area contributed by atoms with E-state index < -0.39 is 0 Å². The normalized spacial score (nSPS) is 21.4. The van der Waals surface area contributed by atoms with Gasteiger partial charge in [-0.25, -0.2) is 4.98 Å². The van der Waals surface area contributed by atoms with Crippen molar-refractivity contribution < 1.29 is 9.47 Å². The smallest absolute Gasteiger partial charge is 0.228 e. The maximum absolute atomic E-state index is 6.04. The van der Waals surface area contributed by atoms with Crippen LogP contribution >= 0.6 is 0 Å². The largest absolute Gasteiger partial charge is 0.469 e. The van der Waals surface area contributed by atoms with Crippen LogP contribution in [-0.2, 0) is 4.74 Å². The molecule has 1 saturated carbocycles. The van der Waals surface area contributed by atoms with Crippen molar-refractivity contribution in [2.24, 2.45) is 0 Å². The summed E-state index contributed by atoms with van der Waals surface area (Å²) in [5, 5.41) is 22.9. The summed E-state index contributed by atoms with van der Waals surface area (Å²) >= 11 is 0. The third kappa shape index (κ3) is 3.64. The number of H-pyrrole nitrogens is 1. The topological polar surface area (TPSA) is 128 Å². The van der Waals surface area contributed by atoms with Gasteiger partial charge in [0.15, 0.2) is 5.65 Å². The van der Waals surface area contributed by atoms with Gasteiger partial charge in [-0.15, -0.1) is 10.2 Å². The molecule has 0 amide bonds. The number of pyridine rings is 1. The minimum Gasteiger partial charge on any atom is -0.469 e. The summed E-state index contributed by atoms with van der Waals surface area (Å²) in [5.74, 6) is 2.38. The Labute approximate surface area is 183 Å². The SMILES string of the molecule is c1ccn2c([C@H]3CCC[C@@H](Nc4ncc(-c5cn[nH]n5)c(OC5COC5)n4)C3)nnc2c1. The predicted molar refractivity (Wildman–Crippen MR) is 114 cm³/mol. The van der Waals surface area contributed by atoms with E-state index in [0.29, 0.717) is 42.2 Å². The van der Waals surface area contributed by atoms with E-state index in [-0.39, 0.29) is 12.1 Å². The average molecular weight is 433 g/mol. The van der Waals surface area contributed by atoms with Crippen molar-refractivity contribution in [3.8, 4) is 17.1 Å². The molecule has 1 saturated heterocycles. The van der Waals surface area contributed by atoms with Crippen LogP contribution < -0.4 is 10.1 Å². The first kappa shape index (κ1) is 19.1. The molecular weight excluding hydrogens is 410 g/mol. The molecule has 2 fully saturated rings. The third-order valence-corrected chi connectivity index (χ3v) is 6.04. The van der Waals surface area contributed by atoms with Gasteiger partial charge < -0.3 is 14.8 Å². The molecule has 2 N–H and O–H groups in total. The Bertz CT molecular complexity index is 1210. The fraction of sp³-hybridized carbons (Fsp3) is 0.429. The van der Waals surface area contributed by atoms with Crippen LogP contribution in [0, 0.1) is 0 Å². The molecule has 11 heteroatoms. The number of rotatable bonds is 6. The minimum absolute atomic E-state index is 0.0105. The van der Waals surface area contributed by atoms with Crippen LogP contribution in [0.25, 0.3) is 16.9 Å². The van der Waals surface area contributed by atoms with Gasteiger partial charge in [0.1, 0.15) is 17.6 Å². The molecule has 4 aromatic heterocycles. The lowest BCUT2D eigenvalue weighted by atomic mass is 9.85. The monoisotopic (exact) mass is 433 g/mol. The van der Waals surface area contributed by atoms with Crippen LogP contribution in [0.1, 0.15) is 37.4 Å². The van der Waals surface area contributed by atoms with Crippen LogP contribution in [0.4, 0.5) is 5.95 Å². The average Bonchev–Trinajstić information content (AvgIpc) is 3.47. The molecule has 6 rings (SSSR count). The second-order valence-electron chi connectivity index (χ2n) is 8.24. The van der Waals surface area contributed by atoms with Gasteiger partial charge in [0.05, 0.1) is 25.0 Å². The summed E-state index contributed by atoms with van der Waals surface area (Å²) in [6.07, 6.45) is 9.56. The van der Waals surface area contributed by atoms with E-state index >= 15 is 0 Å². The van der Waals surface area contributed by atoms with Crippen molar-refractivity contribution in [1.82, 2.24) is 40.0 Å². The standard InChI is InChI=1S/C21H23N9O2/c1-2-7-30-18(6-1)27-28-19(30)13-4-3-5-14(8-13)24-21-22-9-16(17-10-23-29-26-17)20(25-21)32-15-11-31-12-15/h1-2,6-7,9-10,13-15H,3-5,8,11-12H2,(H,22,24,25)(H,23,26,29)/t13-,14+/m0/s1. The van der Waals surface area contributed by atoms with Crippen molar-refractivity contribution in [2.75, 3.05) is 18.5 Å². The third-order valence-electron chi connectivity index (χ3n) is 6.04. The van der Waals surface area contributed by atoms with Crippen LogP contribution in [0.3, 0.4) is 0 Å². The number of nitrogens with one attached hydrogen (secondary N) is 2. The van der Waals surface area contributed by atoms with Gasteiger partial charge in [-0.3, -0.25) is 4.40 Å². The Balaban J connectivity index is 1.22. The molecule has 0 unspecified atom stereocenters. The first-order valence-electron chi connectivity index (χ1n) is 10.9. The maximum atomic E-state index is 6.04. The maximum Gasteiger partial charge on any atom is 0.228 e. The van der Waals surface area contributed by atoms with Gasteiger partial charge in [0.2, 0.25) is 11.8 Å². The molecule has 5 heterocycles. The first-order valence-corrected chi connectivity index (χ1v) is 10.9. The molecule has 11 nitrogen and oxygen atoms in total. The number of ether oxygens (including phenoxy) is 2. The second kappa shape index (κ2) is 8.15. The van der Waals surface area contributed by atoms with E-state index in [0.717, 1.165) is 37.2 Å². The van der Waals surface area contributed by atoms with Crippen LogP contribution in [0.2, 0.25) is 0 Å². The highest BCUT2D eigenvalue weighted by molar-refractivity contribution is 5.63. The van der Waals surface area contributed by atoms with Gasteiger partial charge in [-0.05, 0) is 31.4 Å². The van der Waals surface area contributed by atoms with Crippen LogP contribution in [0.5, 0.6) is 5.88 Å². The summed E-state index contributed by atoms with van der Waals surface area (Å²) in [6, 6.07) is 6.21. The van der Waals surface area contributed by atoms with Crippen molar-refractivity contribution in [3.05, 3.63) is 42.6 Å². The molecule has 0 bridgehead atoms. The Morgan fingerprint density at radius 2 is 2.12 bits per heavy atom. The zero-order chi connectivity index (χ0) is 21.3. The number of anilines is 1. The van der Waals surface area contributed by atoms with Gasteiger partial charge in [-0.1, -0.05) is 12.5 Å². The Kier molecular flexibility index (Phi) is 4.87. The Morgan fingerprint density at radius 1 is 1.16 bits per heavy atom. The molecule has 1 aliphatic heterocycles. The summed E-state index contributed by atoms with van der Waals surface area (Å²) < 4.78 is 13.4. The number of fused-ring (bicyclic) bond motifs is 1. The number of aromatic amines is 1. The Hall–Kier alpha value is -3.60. The molecule has 32 heavy (non-hydrogen) atoms. The molecule has 2 aliphatic rings. The van der Waals surface area contributed by atoms with Crippen LogP contribution in [-0.4, -0.2) is 65.3 Å². The van der Waals surface area contributed by atoms with E-state index in [2.05, 4.69) is 45.3 Å². The van der Waals surface area contributed by atoms with Crippen LogP contribution in [0.15, 0.2) is 36.8 Å². The first-order chi connectivity index (χ1) is 15.8. The molecule has 1 aliphatic carbocycles. The number of hydrogen-bond acceptors (Lipinski definition) is 9. The summed E-state index contributed by atoms with van der Waals surface area (Å²) in [6.45, 7) is 1.11. The van der Waals surface area contributed by atoms with E-state index in [1.54, 1.807) is 12.4 Å². The summed E-state index contributed by atoms with van der Waals surface area (Å²) in [5.41, 5.74) is 2.22. The van der Waals surface area contributed by atoms with Gasteiger partial charge in [0, 0.05) is 24.4 Å². The van der Waals surface area contributed by atoms with Gasteiger partial charge >= 0.3 is 0 Å². The molecule has 4 aromatic rings. The highest BCUT2D eigenvalue weighted by Gasteiger charge is 2.28. The molecule has 0 radical (unpaired) electrons. The van der Waals surface area contributed by atoms with Crippen molar-refractivity contribution in [1.29, 1.82) is 0 Å². The van der Waals surface area contributed by atoms with E-state index in [1.807, 2.05) is 24.4 Å². The van der Waals surface area contributed by atoms with E-state index in [9.17, 15) is 0 Å². The van der Waals surface area contributed by atoms with E-state index in [4.69, 9.17) is 9.47 Å². The van der Waals surface area contributed by atoms with Gasteiger partial charge in [-0.2, -0.15) is 20.4 Å². The number of nitrogens with zero attached hydrogens (tertiary/aromatic N) is 7. The lowest BCUT2D eigenvalue weighted by Crippen LogP contribution is -2.39. The summed E-state index contributed by atoms with van der Waals surface area (Å²) in [7, 11) is 0. The molecule has 2 atom stereocenters.